The Labute approximate surface area is 210 Å². The Morgan fingerprint density at radius 3 is 2.62 bits per heavy atom. The number of hydrogen-bond acceptors (Lipinski definition) is 7. The molecule has 2 aromatic heterocycles. The smallest absolute Gasteiger partial charge is 0.253 e. The Morgan fingerprint density at radius 1 is 1.18 bits per heavy atom. The summed E-state index contributed by atoms with van der Waals surface area (Å²) in [5.74, 6) is -0.182. The molecule has 3 aromatic rings. The summed E-state index contributed by atoms with van der Waals surface area (Å²) in [5, 5.41) is 2.39. The van der Waals surface area contributed by atoms with Crippen LogP contribution >= 0.6 is 22.7 Å². The van der Waals surface area contributed by atoms with Crippen molar-refractivity contribution in [2.24, 2.45) is 0 Å². The van der Waals surface area contributed by atoms with Gasteiger partial charge in [0.05, 0.1) is 10.2 Å². The number of carbonyl (C=O) groups excluding carboxylic acids is 1. The average Bonchev–Trinajstić information content (AvgIpc) is 3.60. The molecule has 184 valence electrons. The number of thiophene rings is 1. The van der Waals surface area contributed by atoms with Crippen LogP contribution in [0.3, 0.4) is 0 Å². The number of amides is 1. The van der Waals surface area contributed by atoms with Gasteiger partial charge in [0.1, 0.15) is 10.3 Å². The lowest BCUT2D eigenvalue weighted by Crippen LogP contribution is -2.49. The second-order valence-corrected chi connectivity index (χ2v) is 12.6. The Bertz CT molecular complexity index is 1250. The van der Waals surface area contributed by atoms with Crippen LogP contribution in [-0.2, 0) is 14.8 Å². The van der Waals surface area contributed by atoms with E-state index in [4.69, 9.17) is 4.98 Å². The summed E-state index contributed by atoms with van der Waals surface area (Å²) >= 11 is 2.69. The maximum Gasteiger partial charge on any atom is 0.253 e. The number of fused-ring (bicyclic) bond motifs is 1. The summed E-state index contributed by atoms with van der Waals surface area (Å²) in [6.45, 7) is 11.6. The zero-order valence-corrected chi connectivity index (χ0v) is 22.6. The van der Waals surface area contributed by atoms with Gasteiger partial charge >= 0.3 is 0 Å². The van der Waals surface area contributed by atoms with E-state index < -0.39 is 16.1 Å². The van der Waals surface area contributed by atoms with E-state index in [1.807, 2.05) is 0 Å². The molecule has 10 heteroatoms. The number of benzene rings is 1. The third-order valence-corrected chi connectivity index (χ3v) is 11.0. The topological polar surface area (TPSA) is 73.8 Å². The van der Waals surface area contributed by atoms with Gasteiger partial charge in [-0.25, -0.2) is 13.4 Å². The summed E-state index contributed by atoms with van der Waals surface area (Å²) < 4.78 is 29.3. The number of nitrogens with zero attached hydrogens (tertiary/aromatic N) is 4. The summed E-state index contributed by atoms with van der Waals surface area (Å²) in [6.07, 6.45) is 1.19. The first-order valence-corrected chi connectivity index (χ1v) is 14.9. The third-order valence-electron chi connectivity index (χ3n) is 6.65. The number of hydrogen-bond donors (Lipinski definition) is 0. The predicted molar refractivity (Wildman–Crippen MR) is 140 cm³/mol. The van der Waals surface area contributed by atoms with Gasteiger partial charge in [0.25, 0.3) is 10.0 Å². The molecule has 1 unspecified atom stereocenters. The van der Waals surface area contributed by atoms with Crippen LogP contribution in [0.4, 0.5) is 5.13 Å². The molecule has 1 aliphatic heterocycles. The number of aromatic nitrogens is 1. The van der Waals surface area contributed by atoms with E-state index in [0.29, 0.717) is 37.6 Å². The Hall–Kier alpha value is -1.85. The second-order valence-electron chi connectivity index (χ2n) is 8.57. The average molecular weight is 521 g/mol. The summed E-state index contributed by atoms with van der Waals surface area (Å²) in [4.78, 5) is 22.8. The zero-order chi connectivity index (χ0) is 24.5. The highest BCUT2D eigenvalue weighted by atomic mass is 32.2. The van der Waals surface area contributed by atoms with Crippen LogP contribution in [0.5, 0.6) is 0 Å². The fourth-order valence-electron chi connectivity index (χ4n) is 4.39. The van der Waals surface area contributed by atoms with Gasteiger partial charge in [-0.15, -0.1) is 11.3 Å². The Kier molecular flexibility index (Phi) is 7.73. The molecule has 34 heavy (non-hydrogen) atoms. The highest BCUT2D eigenvalue weighted by molar-refractivity contribution is 7.91. The van der Waals surface area contributed by atoms with Gasteiger partial charge in [-0.3, -0.25) is 9.69 Å². The lowest BCUT2D eigenvalue weighted by molar-refractivity contribution is -0.121. The molecule has 1 amide bonds. The van der Waals surface area contributed by atoms with Crippen molar-refractivity contribution in [2.75, 3.05) is 37.6 Å². The zero-order valence-electron chi connectivity index (χ0n) is 20.2. The van der Waals surface area contributed by atoms with Crippen LogP contribution in [0.2, 0.25) is 0 Å². The lowest BCUT2D eigenvalue weighted by atomic mass is 10.1. The first-order chi connectivity index (χ1) is 16.3. The molecule has 0 radical (unpaired) electrons. The minimum atomic E-state index is -3.71. The molecule has 1 aliphatic rings. The lowest BCUT2D eigenvalue weighted by Gasteiger charge is -2.29. The van der Waals surface area contributed by atoms with Gasteiger partial charge in [-0.05, 0) is 68.4 Å². The molecular weight excluding hydrogens is 488 g/mol. The van der Waals surface area contributed by atoms with Crippen LogP contribution in [0.1, 0.15) is 37.8 Å². The van der Waals surface area contributed by atoms with Gasteiger partial charge in [0.2, 0.25) is 5.91 Å². The van der Waals surface area contributed by atoms with Gasteiger partial charge < -0.3 is 4.90 Å². The minimum absolute atomic E-state index is 0.182. The quantitative estimate of drug-likeness (QED) is 0.415. The Morgan fingerprint density at radius 2 is 1.94 bits per heavy atom. The number of carbonyl (C=O) groups is 1. The van der Waals surface area contributed by atoms with Crippen molar-refractivity contribution >= 4 is 54.0 Å². The highest BCUT2D eigenvalue weighted by Gasteiger charge is 2.42. The SMILES string of the molecule is CCN(CC)CCN(C(=O)C1CCCN1S(=O)(=O)c1cccs1)c1nc2c(C)c(C)ccc2s1. The molecule has 0 saturated carbocycles. The van der Waals surface area contributed by atoms with Gasteiger partial charge in [-0.1, -0.05) is 37.3 Å². The van der Waals surface area contributed by atoms with Crippen LogP contribution in [0.25, 0.3) is 10.2 Å². The first kappa shape index (κ1) is 25.2. The number of anilines is 1. The summed E-state index contributed by atoms with van der Waals surface area (Å²) in [5.41, 5.74) is 3.18. The van der Waals surface area contributed by atoms with Gasteiger partial charge in [-0.2, -0.15) is 4.31 Å². The van der Waals surface area contributed by atoms with Crippen molar-refractivity contribution in [3.05, 3.63) is 40.8 Å². The molecule has 0 spiro atoms. The molecule has 1 aromatic carbocycles. The van der Waals surface area contributed by atoms with Crippen LogP contribution < -0.4 is 4.90 Å². The predicted octanol–water partition coefficient (Wildman–Crippen LogP) is 4.50. The van der Waals surface area contributed by atoms with Crippen molar-refractivity contribution in [1.82, 2.24) is 14.2 Å². The molecule has 1 atom stereocenters. The molecular formula is C24H32N4O3S3. The van der Waals surface area contributed by atoms with Crippen molar-refractivity contribution < 1.29 is 13.2 Å². The van der Waals surface area contributed by atoms with Crippen molar-refractivity contribution in [1.29, 1.82) is 0 Å². The Balaban J connectivity index is 1.70. The van der Waals surface area contributed by atoms with Crippen molar-refractivity contribution in [3.63, 3.8) is 0 Å². The largest absolute Gasteiger partial charge is 0.302 e. The molecule has 7 nitrogen and oxygen atoms in total. The summed E-state index contributed by atoms with van der Waals surface area (Å²) in [7, 11) is -3.71. The fourth-order valence-corrected chi connectivity index (χ4v) is 8.22. The van der Waals surface area contributed by atoms with Crippen molar-refractivity contribution in [2.45, 2.75) is 50.8 Å². The highest BCUT2D eigenvalue weighted by Crippen LogP contribution is 2.35. The molecule has 0 bridgehead atoms. The van der Waals surface area contributed by atoms with Crippen LogP contribution in [0, 0.1) is 13.8 Å². The maximum atomic E-state index is 14.0. The fraction of sp³-hybridized carbons (Fsp3) is 0.500. The third kappa shape index (κ3) is 4.79. The molecule has 0 aliphatic carbocycles. The molecule has 1 fully saturated rings. The van der Waals surface area contributed by atoms with E-state index in [9.17, 15) is 13.2 Å². The summed E-state index contributed by atoms with van der Waals surface area (Å²) in [6, 6.07) is 6.75. The maximum absolute atomic E-state index is 14.0. The van der Waals surface area contributed by atoms with E-state index in [1.54, 1.807) is 22.4 Å². The van der Waals surface area contributed by atoms with Crippen LogP contribution in [-0.4, -0.2) is 67.3 Å². The number of likely N-dealkylation sites (N-methyl/N-ethyl adjacent to an activating group) is 1. The number of rotatable bonds is 9. The van der Waals surface area contributed by atoms with E-state index in [1.165, 1.54) is 27.0 Å². The van der Waals surface area contributed by atoms with Crippen LogP contribution in [0.15, 0.2) is 33.9 Å². The first-order valence-electron chi connectivity index (χ1n) is 11.7. The second kappa shape index (κ2) is 10.4. The minimum Gasteiger partial charge on any atom is -0.302 e. The molecule has 1 saturated heterocycles. The van der Waals surface area contributed by atoms with E-state index >= 15 is 0 Å². The monoisotopic (exact) mass is 520 g/mol. The number of aryl methyl sites for hydroxylation is 2. The normalized spacial score (nSPS) is 17.1. The number of thiazole rings is 1. The van der Waals surface area contributed by atoms with Crippen molar-refractivity contribution in [3.8, 4) is 0 Å². The van der Waals surface area contributed by atoms with Gasteiger partial charge in [0, 0.05) is 19.6 Å². The van der Waals surface area contributed by atoms with E-state index in [2.05, 4.69) is 44.7 Å². The standard InChI is InChI=1S/C24H32N4O3S3/c1-5-26(6-2)14-15-27(24-25-22-18(4)17(3)11-12-20(22)33-24)23(29)19-9-7-13-28(19)34(30,31)21-10-8-16-32-21/h8,10-12,16,19H,5-7,9,13-15H2,1-4H3. The van der Waals surface area contributed by atoms with E-state index in [0.717, 1.165) is 34.4 Å². The van der Waals surface area contributed by atoms with Gasteiger partial charge in [0.15, 0.2) is 5.13 Å². The molecule has 4 rings (SSSR count). The van der Waals surface area contributed by atoms with E-state index in [-0.39, 0.29) is 10.1 Å². The molecule has 0 N–H and O–H groups in total. The molecule has 3 heterocycles. The number of sulfonamides is 1.